The minimum atomic E-state index is 0.309. The summed E-state index contributed by atoms with van der Waals surface area (Å²) in [6.45, 7) is 0.430. The fourth-order valence-electron chi connectivity index (χ4n) is 2.42. The lowest BCUT2D eigenvalue weighted by Crippen LogP contribution is -2.09. The van der Waals surface area contributed by atoms with Crippen molar-refractivity contribution in [1.29, 1.82) is 0 Å². The van der Waals surface area contributed by atoms with Crippen LogP contribution in [0.25, 0.3) is 22.5 Å². The van der Waals surface area contributed by atoms with Gasteiger partial charge in [-0.05, 0) is 36.5 Å². The Morgan fingerprint density at radius 3 is 2.62 bits per heavy atom. The van der Waals surface area contributed by atoms with Gasteiger partial charge in [-0.2, -0.15) is 0 Å². The molecule has 0 saturated heterocycles. The highest BCUT2D eigenvalue weighted by molar-refractivity contribution is 7.71. The molecule has 0 aliphatic heterocycles. The van der Waals surface area contributed by atoms with Crippen LogP contribution in [0.5, 0.6) is 0 Å². The predicted molar refractivity (Wildman–Crippen MR) is 96.1 cm³/mol. The van der Waals surface area contributed by atoms with Crippen LogP contribution < -0.4 is 5.32 Å². The summed E-state index contributed by atoms with van der Waals surface area (Å²) >= 11 is 5.25. The van der Waals surface area contributed by atoms with E-state index in [4.69, 9.17) is 16.6 Å². The Morgan fingerprint density at radius 2 is 1.75 bits per heavy atom. The Hall–Kier alpha value is -2.99. The Balaban J connectivity index is 1.61. The highest BCUT2D eigenvalue weighted by Gasteiger charge is 2.10. The first-order valence-corrected chi connectivity index (χ1v) is 7.93. The van der Waals surface area contributed by atoms with Gasteiger partial charge in [-0.25, -0.2) is 9.67 Å². The molecule has 0 radical (unpaired) electrons. The summed E-state index contributed by atoms with van der Waals surface area (Å²) in [5, 5.41) is 8.75. The standard InChI is InChI=1S/C18H14N4OS/c24-18-22(12-19-14-7-2-1-3-8-14)21-17(23-18)16-11-10-13-6-4-5-9-15(13)20-16/h1-11,19H,12H2. The van der Waals surface area contributed by atoms with Gasteiger partial charge in [0.05, 0.1) is 5.52 Å². The van der Waals surface area contributed by atoms with E-state index >= 15 is 0 Å². The molecule has 24 heavy (non-hydrogen) atoms. The maximum atomic E-state index is 5.60. The number of aromatic nitrogens is 3. The van der Waals surface area contributed by atoms with Crippen molar-refractivity contribution in [3.05, 3.63) is 71.6 Å². The number of hydrogen-bond donors (Lipinski definition) is 1. The minimum Gasteiger partial charge on any atom is -0.408 e. The normalized spacial score (nSPS) is 10.8. The quantitative estimate of drug-likeness (QED) is 0.557. The molecule has 2 heterocycles. The second-order valence-corrected chi connectivity index (χ2v) is 5.61. The van der Waals surface area contributed by atoms with Crippen LogP contribution in [0, 0.1) is 4.84 Å². The molecule has 0 spiro atoms. The van der Waals surface area contributed by atoms with E-state index in [1.165, 1.54) is 0 Å². The van der Waals surface area contributed by atoms with Crippen molar-refractivity contribution in [1.82, 2.24) is 14.8 Å². The predicted octanol–water partition coefficient (Wildman–Crippen LogP) is 4.49. The summed E-state index contributed by atoms with van der Waals surface area (Å²) in [6, 6.07) is 21.7. The number of fused-ring (bicyclic) bond motifs is 1. The topological polar surface area (TPSA) is 55.9 Å². The molecule has 0 amide bonds. The van der Waals surface area contributed by atoms with E-state index in [0.29, 0.717) is 23.1 Å². The van der Waals surface area contributed by atoms with E-state index in [0.717, 1.165) is 16.6 Å². The molecule has 0 saturated carbocycles. The molecular formula is C18H14N4OS. The van der Waals surface area contributed by atoms with Gasteiger partial charge in [0.25, 0.3) is 10.7 Å². The van der Waals surface area contributed by atoms with Crippen molar-refractivity contribution < 1.29 is 4.42 Å². The molecule has 6 heteroatoms. The minimum absolute atomic E-state index is 0.309. The van der Waals surface area contributed by atoms with Crippen molar-refractivity contribution in [2.24, 2.45) is 0 Å². The molecule has 4 rings (SSSR count). The van der Waals surface area contributed by atoms with Crippen molar-refractivity contribution >= 4 is 28.8 Å². The van der Waals surface area contributed by atoms with Gasteiger partial charge in [0.15, 0.2) is 0 Å². The third-order valence-electron chi connectivity index (χ3n) is 3.63. The number of pyridine rings is 1. The van der Waals surface area contributed by atoms with Crippen LogP contribution in [-0.2, 0) is 6.67 Å². The first-order valence-electron chi connectivity index (χ1n) is 7.53. The molecule has 0 aliphatic rings. The van der Waals surface area contributed by atoms with Crippen LogP contribution in [0.15, 0.2) is 71.1 Å². The van der Waals surface area contributed by atoms with E-state index in [1.54, 1.807) is 4.68 Å². The lowest BCUT2D eigenvalue weighted by atomic mass is 10.2. The molecule has 0 bridgehead atoms. The van der Waals surface area contributed by atoms with E-state index < -0.39 is 0 Å². The Bertz CT molecular complexity index is 1040. The number of anilines is 1. The lowest BCUT2D eigenvalue weighted by molar-refractivity contribution is 0.521. The number of nitrogens with zero attached hydrogens (tertiary/aromatic N) is 3. The van der Waals surface area contributed by atoms with Crippen LogP contribution in [0.1, 0.15) is 0 Å². The number of hydrogen-bond acceptors (Lipinski definition) is 5. The third-order valence-corrected chi connectivity index (χ3v) is 3.92. The monoisotopic (exact) mass is 334 g/mol. The molecule has 4 aromatic rings. The van der Waals surface area contributed by atoms with Crippen LogP contribution in [0.2, 0.25) is 0 Å². The molecule has 5 nitrogen and oxygen atoms in total. The first-order chi connectivity index (χ1) is 11.8. The average molecular weight is 334 g/mol. The van der Waals surface area contributed by atoms with Crippen molar-refractivity contribution in [3.63, 3.8) is 0 Å². The van der Waals surface area contributed by atoms with Crippen LogP contribution in [-0.4, -0.2) is 14.8 Å². The summed E-state index contributed by atoms with van der Waals surface area (Å²) < 4.78 is 7.21. The zero-order chi connectivity index (χ0) is 16.4. The lowest BCUT2D eigenvalue weighted by Gasteiger charge is -2.04. The molecule has 0 aliphatic carbocycles. The molecule has 0 fully saturated rings. The Morgan fingerprint density at radius 1 is 0.958 bits per heavy atom. The van der Waals surface area contributed by atoms with E-state index in [2.05, 4.69) is 15.4 Å². The van der Waals surface area contributed by atoms with Crippen LogP contribution >= 0.6 is 12.2 Å². The van der Waals surface area contributed by atoms with E-state index in [1.807, 2.05) is 66.7 Å². The van der Waals surface area contributed by atoms with Gasteiger partial charge >= 0.3 is 0 Å². The smallest absolute Gasteiger partial charge is 0.289 e. The summed E-state index contributed by atoms with van der Waals surface area (Å²) in [5.74, 6) is 0.417. The highest BCUT2D eigenvalue weighted by Crippen LogP contribution is 2.20. The zero-order valence-corrected chi connectivity index (χ0v) is 13.5. The van der Waals surface area contributed by atoms with Gasteiger partial charge in [-0.1, -0.05) is 42.5 Å². The van der Waals surface area contributed by atoms with Gasteiger partial charge in [0.2, 0.25) is 0 Å². The van der Waals surface area contributed by atoms with Gasteiger partial charge in [0, 0.05) is 11.1 Å². The summed E-state index contributed by atoms with van der Waals surface area (Å²) in [7, 11) is 0. The molecule has 2 aromatic heterocycles. The van der Waals surface area contributed by atoms with E-state index in [9.17, 15) is 0 Å². The molecule has 0 atom stereocenters. The van der Waals surface area contributed by atoms with E-state index in [-0.39, 0.29) is 0 Å². The fourth-order valence-corrected chi connectivity index (χ4v) is 2.60. The van der Waals surface area contributed by atoms with Gasteiger partial charge in [-0.3, -0.25) is 0 Å². The number of rotatable bonds is 4. The third kappa shape index (κ3) is 2.91. The molecular weight excluding hydrogens is 320 g/mol. The SMILES string of the molecule is S=c1oc(-c2ccc3ccccc3n2)nn1CNc1ccccc1. The second-order valence-electron chi connectivity index (χ2n) is 5.26. The molecule has 0 unspecified atom stereocenters. The van der Waals surface area contributed by atoms with Gasteiger partial charge in [-0.15, -0.1) is 5.10 Å². The maximum absolute atomic E-state index is 5.60. The molecule has 1 N–H and O–H groups in total. The number of benzene rings is 2. The summed E-state index contributed by atoms with van der Waals surface area (Å²) in [6.07, 6.45) is 0. The second kappa shape index (κ2) is 6.25. The van der Waals surface area contributed by atoms with Crippen molar-refractivity contribution in [2.45, 2.75) is 6.67 Å². The zero-order valence-electron chi connectivity index (χ0n) is 12.7. The highest BCUT2D eigenvalue weighted by atomic mass is 32.1. The maximum Gasteiger partial charge on any atom is 0.289 e. The van der Waals surface area contributed by atoms with Crippen LogP contribution in [0.4, 0.5) is 5.69 Å². The summed E-state index contributed by atoms with van der Waals surface area (Å²) in [5.41, 5.74) is 2.55. The van der Waals surface area contributed by atoms with Crippen molar-refractivity contribution in [2.75, 3.05) is 5.32 Å². The first kappa shape index (κ1) is 14.6. The fraction of sp³-hybridized carbons (Fsp3) is 0.0556. The average Bonchev–Trinajstić information content (AvgIpc) is 3.01. The van der Waals surface area contributed by atoms with Gasteiger partial charge in [0.1, 0.15) is 12.4 Å². The summed E-state index contributed by atoms with van der Waals surface area (Å²) in [4.78, 5) is 4.89. The van der Waals surface area contributed by atoms with Crippen LogP contribution in [0.3, 0.4) is 0 Å². The molecule has 2 aromatic carbocycles. The molecule has 118 valence electrons. The van der Waals surface area contributed by atoms with Crippen molar-refractivity contribution in [3.8, 4) is 11.6 Å². The Kier molecular flexibility index (Phi) is 3.80. The number of nitrogens with one attached hydrogen (secondary N) is 1. The van der Waals surface area contributed by atoms with Gasteiger partial charge < -0.3 is 9.73 Å². The number of para-hydroxylation sites is 2. The largest absolute Gasteiger partial charge is 0.408 e. The Labute approximate surface area is 143 Å².